The van der Waals surface area contributed by atoms with Crippen molar-refractivity contribution in [2.24, 2.45) is 0 Å². The molecule has 0 fully saturated rings. The Morgan fingerprint density at radius 2 is 1.92 bits per heavy atom. The van der Waals surface area contributed by atoms with E-state index < -0.39 is 5.82 Å². The average molecular weight is 418 g/mol. The highest BCUT2D eigenvalue weighted by Gasteiger charge is 2.13. The summed E-state index contributed by atoms with van der Waals surface area (Å²) in [5.41, 5.74) is 1.80. The van der Waals surface area contributed by atoms with Gasteiger partial charge >= 0.3 is 0 Å². The van der Waals surface area contributed by atoms with Crippen LogP contribution in [0.2, 0.25) is 0 Å². The Kier molecular flexibility index (Phi) is 5.45. The van der Waals surface area contributed by atoms with Gasteiger partial charge in [-0.3, -0.25) is 4.79 Å². The van der Waals surface area contributed by atoms with E-state index >= 15 is 0 Å². The Balaban J connectivity index is 1.77. The fourth-order valence-electron chi connectivity index (χ4n) is 2.14. The summed E-state index contributed by atoms with van der Waals surface area (Å²) < 4.78 is 13.9. The number of anilines is 1. The maximum Gasteiger partial charge on any atom is 0.256 e. The van der Waals surface area contributed by atoms with Crippen LogP contribution in [0.15, 0.2) is 69.4 Å². The molecule has 0 spiro atoms. The van der Waals surface area contributed by atoms with Gasteiger partial charge in [-0.05, 0) is 82.6 Å². The summed E-state index contributed by atoms with van der Waals surface area (Å²) in [7, 11) is 0. The minimum atomic E-state index is -0.459. The Morgan fingerprint density at radius 1 is 1.16 bits per heavy atom. The van der Waals surface area contributed by atoms with Gasteiger partial charge in [-0.2, -0.15) is 0 Å². The molecule has 0 aliphatic heterocycles. The second-order valence-electron chi connectivity index (χ2n) is 5.19. The molecule has 4 nitrogen and oxygen atoms in total. The average Bonchev–Trinajstić information content (AvgIpc) is 2.60. The Hall–Kier alpha value is -2.25. The molecular formula is C18H13BrFN3OS. The van der Waals surface area contributed by atoms with Crippen LogP contribution in [0.4, 0.5) is 10.1 Å². The van der Waals surface area contributed by atoms with Crippen molar-refractivity contribution in [2.75, 3.05) is 5.32 Å². The van der Waals surface area contributed by atoms with Crippen LogP contribution in [-0.4, -0.2) is 15.9 Å². The molecule has 0 aliphatic rings. The number of nitrogens with zero attached hydrogens (tertiary/aromatic N) is 2. The van der Waals surface area contributed by atoms with E-state index in [1.165, 1.54) is 30.0 Å². The molecule has 0 atom stereocenters. The molecule has 0 saturated heterocycles. The topological polar surface area (TPSA) is 54.9 Å². The van der Waals surface area contributed by atoms with Gasteiger partial charge in [0.05, 0.1) is 5.56 Å². The highest BCUT2D eigenvalue weighted by molar-refractivity contribution is 9.10. The zero-order valence-corrected chi connectivity index (χ0v) is 15.6. The first-order valence-corrected chi connectivity index (χ1v) is 8.96. The molecule has 0 bridgehead atoms. The largest absolute Gasteiger partial charge is 0.322 e. The van der Waals surface area contributed by atoms with Crippen molar-refractivity contribution in [3.05, 3.63) is 76.3 Å². The van der Waals surface area contributed by atoms with Crippen molar-refractivity contribution in [1.29, 1.82) is 0 Å². The molecule has 1 amide bonds. The molecule has 2 aromatic carbocycles. The molecule has 1 N–H and O–H groups in total. The molecular weight excluding hydrogens is 405 g/mol. The molecule has 7 heteroatoms. The van der Waals surface area contributed by atoms with Crippen LogP contribution < -0.4 is 5.32 Å². The lowest BCUT2D eigenvalue weighted by molar-refractivity contribution is 0.102. The minimum Gasteiger partial charge on any atom is -0.322 e. The van der Waals surface area contributed by atoms with Crippen LogP contribution in [0.5, 0.6) is 0 Å². The number of carbonyl (C=O) groups excluding carboxylic acids is 1. The molecule has 0 unspecified atom stereocenters. The van der Waals surface area contributed by atoms with Gasteiger partial charge in [-0.1, -0.05) is 0 Å². The Labute approximate surface area is 157 Å². The van der Waals surface area contributed by atoms with Crippen molar-refractivity contribution in [3.63, 3.8) is 0 Å². The van der Waals surface area contributed by atoms with Crippen molar-refractivity contribution in [1.82, 2.24) is 9.97 Å². The summed E-state index contributed by atoms with van der Waals surface area (Å²) in [6.45, 7) is 1.89. The second-order valence-corrected chi connectivity index (χ2v) is 7.08. The van der Waals surface area contributed by atoms with Crippen molar-refractivity contribution in [3.8, 4) is 0 Å². The fourth-order valence-corrected chi connectivity index (χ4v) is 3.38. The van der Waals surface area contributed by atoms with Crippen molar-refractivity contribution in [2.45, 2.75) is 17.0 Å². The number of halogens is 2. The SMILES string of the molecule is Cc1cc(Sc2ncccn2)ccc1NC(=O)c1cc(F)ccc1Br. The van der Waals surface area contributed by atoms with E-state index in [1.807, 2.05) is 25.1 Å². The Bertz CT molecular complexity index is 921. The van der Waals surface area contributed by atoms with Gasteiger partial charge in [-0.25, -0.2) is 14.4 Å². The van der Waals surface area contributed by atoms with Crippen molar-refractivity contribution < 1.29 is 9.18 Å². The third-order valence-electron chi connectivity index (χ3n) is 3.37. The second kappa shape index (κ2) is 7.76. The van der Waals surface area contributed by atoms with Gasteiger partial charge in [0.2, 0.25) is 0 Å². The summed E-state index contributed by atoms with van der Waals surface area (Å²) >= 11 is 4.71. The summed E-state index contributed by atoms with van der Waals surface area (Å²) in [4.78, 5) is 21.7. The quantitative estimate of drug-likeness (QED) is 0.600. The van der Waals surface area contributed by atoms with E-state index in [0.717, 1.165) is 10.5 Å². The third-order valence-corrected chi connectivity index (χ3v) is 4.94. The first-order chi connectivity index (χ1) is 12.0. The highest BCUT2D eigenvalue weighted by Crippen LogP contribution is 2.28. The smallest absolute Gasteiger partial charge is 0.256 e. The molecule has 3 aromatic rings. The maximum atomic E-state index is 13.4. The van der Waals surface area contributed by atoms with Gasteiger partial charge in [0, 0.05) is 27.4 Å². The van der Waals surface area contributed by atoms with Gasteiger partial charge in [-0.15, -0.1) is 0 Å². The van der Waals surface area contributed by atoms with Crippen LogP contribution in [0.3, 0.4) is 0 Å². The van der Waals surface area contributed by atoms with Crippen molar-refractivity contribution >= 4 is 39.3 Å². The fraction of sp³-hybridized carbons (Fsp3) is 0.0556. The molecule has 25 heavy (non-hydrogen) atoms. The first kappa shape index (κ1) is 17.6. The standard InChI is InChI=1S/C18H13BrFN3OS/c1-11-9-13(25-18-21-7-2-8-22-18)4-6-16(11)23-17(24)14-10-12(20)3-5-15(14)19/h2-10H,1H3,(H,23,24). The number of amides is 1. The Morgan fingerprint density at radius 3 is 2.64 bits per heavy atom. The summed E-state index contributed by atoms with van der Waals surface area (Å²) in [6, 6.07) is 11.4. The molecule has 1 aromatic heterocycles. The first-order valence-electron chi connectivity index (χ1n) is 7.35. The predicted molar refractivity (Wildman–Crippen MR) is 99.4 cm³/mol. The van der Waals surface area contributed by atoms with E-state index in [4.69, 9.17) is 0 Å². The lowest BCUT2D eigenvalue weighted by atomic mass is 10.1. The zero-order valence-electron chi connectivity index (χ0n) is 13.2. The molecule has 0 aliphatic carbocycles. The highest BCUT2D eigenvalue weighted by atomic mass is 79.9. The van der Waals surface area contributed by atoms with Crippen LogP contribution in [0, 0.1) is 12.7 Å². The van der Waals surface area contributed by atoms with Crippen LogP contribution in [0.1, 0.15) is 15.9 Å². The van der Waals surface area contributed by atoms with E-state index in [-0.39, 0.29) is 11.5 Å². The van der Waals surface area contributed by atoms with Crippen LogP contribution in [0.25, 0.3) is 0 Å². The minimum absolute atomic E-state index is 0.246. The number of rotatable bonds is 4. The normalized spacial score (nSPS) is 10.5. The number of benzene rings is 2. The number of aromatic nitrogens is 2. The number of hydrogen-bond donors (Lipinski definition) is 1. The van der Waals surface area contributed by atoms with Crippen LogP contribution in [-0.2, 0) is 0 Å². The number of carbonyl (C=O) groups is 1. The van der Waals surface area contributed by atoms with E-state index in [1.54, 1.807) is 18.5 Å². The maximum absolute atomic E-state index is 13.4. The lowest BCUT2D eigenvalue weighted by Crippen LogP contribution is -2.13. The summed E-state index contributed by atoms with van der Waals surface area (Å²) in [5, 5.41) is 3.46. The monoisotopic (exact) mass is 417 g/mol. The molecule has 126 valence electrons. The molecule has 3 rings (SSSR count). The van der Waals surface area contributed by atoms with Gasteiger partial charge in [0.15, 0.2) is 5.16 Å². The van der Waals surface area contributed by atoms with E-state index in [0.29, 0.717) is 15.3 Å². The van der Waals surface area contributed by atoms with Gasteiger partial charge < -0.3 is 5.32 Å². The lowest BCUT2D eigenvalue weighted by Gasteiger charge is -2.11. The number of nitrogens with one attached hydrogen (secondary N) is 1. The van der Waals surface area contributed by atoms with E-state index in [9.17, 15) is 9.18 Å². The predicted octanol–water partition coefficient (Wildman–Crippen LogP) is 5.09. The summed E-state index contributed by atoms with van der Waals surface area (Å²) in [6.07, 6.45) is 3.38. The van der Waals surface area contributed by atoms with Crippen LogP contribution >= 0.6 is 27.7 Å². The van der Waals surface area contributed by atoms with Gasteiger partial charge in [0.1, 0.15) is 5.82 Å². The molecule has 0 saturated carbocycles. The number of hydrogen-bond acceptors (Lipinski definition) is 4. The third kappa shape index (κ3) is 4.43. The molecule has 0 radical (unpaired) electrons. The number of aryl methyl sites for hydroxylation is 1. The molecule has 1 heterocycles. The summed E-state index contributed by atoms with van der Waals surface area (Å²) in [5.74, 6) is -0.832. The zero-order chi connectivity index (χ0) is 17.8. The van der Waals surface area contributed by atoms with E-state index in [2.05, 4.69) is 31.2 Å². The van der Waals surface area contributed by atoms with Gasteiger partial charge in [0.25, 0.3) is 5.91 Å².